The molecule has 0 radical (unpaired) electrons. The second-order valence-electron chi connectivity index (χ2n) is 5.53. The Morgan fingerprint density at radius 3 is 2.70 bits per heavy atom. The van der Waals surface area contributed by atoms with Crippen LogP contribution in [0.3, 0.4) is 0 Å². The Hall–Kier alpha value is -2.23. The van der Waals surface area contributed by atoms with Crippen molar-refractivity contribution in [3.63, 3.8) is 0 Å². The van der Waals surface area contributed by atoms with Crippen LogP contribution >= 0.6 is 0 Å². The predicted octanol–water partition coefficient (Wildman–Crippen LogP) is 2.16. The highest BCUT2D eigenvalue weighted by molar-refractivity contribution is 6.15. The van der Waals surface area contributed by atoms with Crippen LogP contribution in [0.25, 0.3) is 5.69 Å². The molecule has 1 saturated heterocycles. The molecule has 1 aromatic carbocycles. The summed E-state index contributed by atoms with van der Waals surface area (Å²) in [5.74, 6) is 1.72. The molecule has 4 nitrogen and oxygen atoms in total. The minimum absolute atomic E-state index is 0.329. The third-order valence-corrected chi connectivity index (χ3v) is 4.42. The summed E-state index contributed by atoms with van der Waals surface area (Å²) in [6.07, 6.45) is 4.69. The first-order chi connectivity index (χ1) is 9.92. The van der Waals surface area contributed by atoms with Gasteiger partial charge < -0.3 is 14.0 Å². The highest BCUT2D eigenvalue weighted by atomic mass is 16.7. The van der Waals surface area contributed by atoms with E-state index in [9.17, 15) is 0 Å². The molecule has 0 aliphatic carbocycles. The minimum Gasteiger partial charge on any atom is -0.454 e. The van der Waals surface area contributed by atoms with Crippen molar-refractivity contribution in [3.05, 3.63) is 41.7 Å². The number of hydrogen-bond donors (Lipinski definition) is 0. The van der Waals surface area contributed by atoms with E-state index in [4.69, 9.17) is 9.47 Å². The van der Waals surface area contributed by atoms with Crippen LogP contribution in [-0.4, -0.2) is 34.7 Å². The highest BCUT2D eigenvalue weighted by Gasteiger charge is 2.35. The number of hydrogen-bond acceptors (Lipinski definition) is 2. The fraction of sp³-hybridized carbons (Fsp3) is 0.312. The lowest BCUT2D eigenvalue weighted by Gasteiger charge is -2.03. The molecule has 5 rings (SSSR count). The van der Waals surface area contributed by atoms with Gasteiger partial charge in [-0.2, -0.15) is 0 Å². The van der Waals surface area contributed by atoms with Gasteiger partial charge in [0.05, 0.1) is 11.3 Å². The largest absolute Gasteiger partial charge is 0.454 e. The smallest absolute Gasteiger partial charge is 0.233 e. The van der Waals surface area contributed by atoms with Crippen LogP contribution < -0.4 is 9.47 Å². The number of benzene rings is 1. The highest BCUT2D eigenvalue weighted by Crippen LogP contribution is 2.40. The number of aromatic nitrogens is 1. The van der Waals surface area contributed by atoms with Crippen molar-refractivity contribution in [3.8, 4) is 17.2 Å². The fourth-order valence-electron chi connectivity index (χ4n) is 3.52. The number of fused-ring (bicyclic) bond motifs is 4. The Morgan fingerprint density at radius 1 is 1.05 bits per heavy atom. The van der Waals surface area contributed by atoms with Crippen LogP contribution in [0.2, 0.25) is 0 Å². The Balaban J connectivity index is 1.83. The topological polar surface area (TPSA) is 26.4 Å². The molecule has 0 spiro atoms. The number of nitrogens with zero attached hydrogens (tertiary/aromatic N) is 2. The van der Waals surface area contributed by atoms with Crippen molar-refractivity contribution < 1.29 is 14.0 Å². The molecule has 20 heavy (non-hydrogen) atoms. The molecule has 0 atom stereocenters. The van der Waals surface area contributed by atoms with Crippen LogP contribution in [0.5, 0.6) is 11.5 Å². The lowest BCUT2D eigenvalue weighted by atomic mass is 10.1. The van der Waals surface area contributed by atoms with E-state index in [2.05, 4.69) is 39.6 Å². The monoisotopic (exact) mass is 267 g/mol. The molecular weight excluding hydrogens is 252 g/mol. The zero-order chi connectivity index (χ0) is 13.1. The summed E-state index contributed by atoms with van der Waals surface area (Å²) in [6.45, 7) is 2.62. The first-order valence-electron chi connectivity index (χ1n) is 7.16. The van der Waals surface area contributed by atoms with E-state index in [1.54, 1.807) is 0 Å². The molecule has 100 valence electrons. The fourth-order valence-corrected chi connectivity index (χ4v) is 3.52. The van der Waals surface area contributed by atoms with Gasteiger partial charge >= 0.3 is 0 Å². The third-order valence-electron chi connectivity index (χ3n) is 4.42. The summed E-state index contributed by atoms with van der Waals surface area (Å²) in [5.41, 5.74) is 5.11. The summed E-state index contributed by atoms with van der Waals surface area (Å²) in [4.78, 5) is 0. The van der Waals surface area contributed by atoms with Gasteiger partial charge in [0.1, 0.15) is 18.8 Å². The second kappa shape index (κ2) is 3.66. The van der Waals surface area contributed by atoms with Gasteiger partial charge in [-0.3, -0.25) is 0 Å². The third kappa shape index (κ3) is 1.24. The number of ether oxygens (including phenoxy) is 2. The van der Waals surface area contributed by atoms with Gasteiger partial charge in [0.25, 0.3) is 0 Å². The Morgan fingerprint density at radius 2 is 1.85 bits per heavy atom. The average Bonchev–Trinajstić information content (AvgIpc) is 3.21. The van der Waals surface area contributed by atoms with Crippen molar-refractivity contribution in [1.82, 2.24) is 4.57 Å². The maximum absolute atomic E-state index is 5.55. The molecule has 4 heterocycles. The summed E-state index contributed by atoms with van der Waals surface area (Å²) in [6, 6.07) is 8.54. The van der Waals surface area contributed by atoms with Crippen LogP contribution in [0.15, 0.2) is 30.5 Å². The van der Waals surface area contributed by atoms with Crippen LogP contribution in [0.4, 0.5) is 0 Å². The molecule has 1 aromatic heterocycles. The summed E-state index contributed by atoms with van der Waals surface area (Å²) in [7, 11) is 0. The second-order valence-corrected chi connectivity index (χ2v) is 5.53. The molecule has 0 bridgehead atoms. The summed E-state index contributed by atoms with van der Waals surface area (Å²) < 4.78 is 15.8. The van der Waals surface area contributed by atoms with Gasteiger partial charge in [0.15, 0.2) is 11.5 Å². The Kier molecular flexibility index (Phi) is 1.93. The van der Waals surface area contributed by atoms with Gasteiger partial charge in [-0.05, 0) is 12.1 Å². The van der Waals surface area contributed by atoms with Crippen molar-refractivity contribution in [1.29, 1.82) is 0 Å². The lowest BCUT2D eigenvalue weighted by Crippen LogP contribution is -2.18. The maximum Gasteiger partial charge on any atom is 0.233 e. The van der Waals surface area contributed by atoms with E-state index in [0.717, 1.165) is 24.6 Å². The van der Waals surface area contributed by atoms with Gasteiger partial charge in [0.2, 0.25) is 12.5 Å². The van der Waals surface area contributed by atoms with Crippen molar-refractivity contribution in [2.75, 3.05) is 19.9 Å². The first-order valence-corrected chi connectivity index (χ1v) is 7.16. The normalized spacial score (nSPS) is 18.6. The van der Waals surface area contributed by atoms with Gasteiger partial charge in [-0.15, -0.1) is 0 Å². The molecule has 4 heteroatoms. The Bertz CT molecular complexity index is 750. The van der Waals surface area contributed by atoms with Crippen molar-refractivity contribution >= 4 is 5.71 Å². The van der Waals surface area contributed by atoms with Crippen LogP contribution in [-0.2, 0) is 0 Å². The number of rotatable bonds is 0. The predicted molar refractivity (Wildman–Crippen MR) is 74.3 cm³/mol. The van der Waals surface area contributed by atoms with Crippen molar-refractivity contribution in [2.24, 2.45) is 0 Å². The van der Waals surface area contributed by atoms with Gasteiger partial charge in [0, 0.05) is 31.2 Å². The van der Waals surface area contributed by atoms with Gasteiger partial charge in [-0.25, -0.2) is 4.58 Å². The van der Waals surface area contributed by atoms with E-state index >= 15 is 0 Å². The SMILES string of the molecule is c1cc2n(c1)-c1cc3c(cc1C2=[N+]1CCCC1)OCO3. The average molecular weight is 267 g/mol. The minimum atomic E-state index is 0.329. The first kappa shape index (κ1) is 10.5. The Labute approximate surface area is 116 Å². The lowest BCUT2D eigenvalue weighted by molar-refractivity contribution is -0.505. The molecule has 0 amide bonds. The summed E-state index contributed by atoms with van der Waals surface area (Å²) >= 11 is 0. The maximum atomic E-state index is 5.55. The molecule has 3 aliphatic heterocycles. The molecule has 0 saturated carbocycles. The molecule has 0 unspecified atom stereocenters. The van der Waals surface area contributed by atoms with E-state index in [1.165, 1.54) is 35.5 Å². The van der Waals surface area contributed by atoms with Gasteiger partial charge in [-0.1, -0.05) is 0 Å². The zero-order valence-electron chi connectivity index (χ0n) is 11.1. The molecule has 3 aliphatic rings. The van der Waals surface area contributed by atoms with Crippen LogP contribution in [0.1, 0.15) is 24.1 Å². The van der Waals surface area contributed by atoms with Crippen molar-refractivity contribution in [2.45, 2.75) is 12.8 Å². The molecule has 1 fully saturated rings. The summed E-state index contributed by atoms with van der Waals surface area (Å²) in [5, 5.41) is 0. The van der Waals surface area contributed by atoms with E-state index in [0.29, 0.717) is 6.79 Å². The standard InChI is InChI=1S/C16H15N2O2/c1-2-6-17(5-1)16-11-8-14-15(20-10-19-14)9-13(11)18-7-3-4-12(16)18/h3-4,7-9H,1-2,5-6,10H2/q+1. The molecule has 2 aromatic rings. The molecular formula is C16H15N2O2+. The quantitative estimate of drug-likeness (QED) is 0.583. The van der Waals surface area contributed by atoms with E-state index < -0.39 is 0 Å². The molecule has 0 N–H and O–H groups in total. The van der Waals surface area contributed by atoms with E-state index in [1.807, 2.05) is 0 Å². The van der Waals surface area contributed by atoms with Crippen LogP contribution in [0, 0.1) is 0 Å². The van der Waals surface area contributed by atoms with E-state index in [-0.39, 0.29) is 0 Å². The zero-order valence-corrected chi connectivity index (χ0v) is 11.1.